The van der Waals surface area contributed by atoms with E-state index >= 15 is 0 Å². The second-order valence-electron chi connectivity index (χ2n) is 3.30. The molecule has 0 aliphatic heterocycles. The third-order valence-corrected chi connectivity index (χ3v) is 2.07. The topological polar surface area (TPSA) is 39.4 Å². The highest BCUT2D eigenvalue weighted by Gasteiger charge is 1.99. The van der Waals surface area contributed by atoms with Crippen molar-refractivity contribution in [2.75, 3.05) is 6.61 Å². The van der Waals surface area contributed by atoms with Gasteiger partial charge >= 0.3 is 5.63 Å². The Morgan fingerprint density at radius 2 is 1.88 bits per heavy atom. The van der Waals surface area contributed by atoms with E-state index in [4.69, 9.17) is 9.15 Å². The van der Waals surface area contributed by atoms with E-state index < -0.39 is 0 Å². The Balaban J connectivity index is 0.000000686. The maximum atomic E-state index is 11.0. The lowest BCUT2D eigenvalue weighted by Gasteiger charge is -2.04. The first-order valence-corrected chi connectivity index (χ1v) is 5.96. The number of hydrogen-bond donors (Lipinski definition) is 0. The van der Waals surface area contributed by atoms with Crippen LogP contribution in [0.4, 0.5) is 0 Å². The molecule has 0 fully saturated rings. The fraction of sp³-hybridized carbons (Fsp3) is 0.357. The molecule has 3 heteroatoms. The second-order valence-corrected chi connectivity index (χ2v) is 3.30. The molecule has 0 radical (unpaired) electrons. The van der Waals surface area contributed by atoms with Crippen LogP contribution in [0.3, 0.4) is 0 Å². The van der Waals surface area contributed by atoms with Gasteiger partial charge in [0, 0.05) is 17.5 Å². The summed E-state index contributed by atoms with van der Waals surface area (Å²) in [6, 6.07) is 8.65. The Hall–Kier alpha value is -1.77. The quantitative estimate of drug-likeness (QED) is 0.761. The summed E-state index contributed by atoms with van der Waals surface area (Å²) in [5, 5.41) is 0.901. The normalized spacial score (nSPS) is 9.59. The van der Waals surface area contributed by atoms with Crippen LogP contribution in [0, 0.1) is 0 Å². The molecule has 0 saturated carbocycles. The van der Waals surface area contributed by atoms with Crippen LogP contribution in [0.1, 0.15) is 27.2 Å². The van der Waals surface area contributed by atoms with Crippen molar-refractivity contribution >= 4 is 11.0 Å². The van der Waals surface area contributed by atoms with E-state index in [-0.39, 0.29) is 5.63 Å². The molecule has 0 aliphatic carbocycles. The molecule has 0 bridgehead atoms. The molecule has 0 aliphatic rings. The molecule has 0 N–H and O–H groups in total. The maximum absolute atomic E-state index is 11.0. The molecule has 0 saturated heterocycles. The Bertz CT molecular complexity index is 514. The second kappa shape index (κ2) is 6.74. The van der Waals surface area contributed by atoms with Crippen molar-refractivity contribution in [3.63, 3.8) is 0 Å². The molecule has 17 heavy (non-hydrogen) atoms. The van der Waals surface area contributed by atoms with E-state index in [1.807, 2.05) is 32.9 Å². The smallest absolute Gasteiger partial charge is 0.336 e. The highest BCUT2D eigenvalue weighted by Crippen LogP contribution is 2.19. The molecule has 0 atom stereocenters. The average molecular weight is 234 g/mol. The van der Waals surface area contributed by atoms with Gasteiger partial charge < -0.3 is 9.15 Å². The van der Waals surface area contributed by atoms with Crippen LogP contribution >= 0.6 is 0 Å². The molecule has 0 spiro atoms. The standard InChI is InChI=1S/C12H12O3.C2H6/c1-2-7-14-10-5-3-9-4-6-12(13)15-11(9)8-10;1-2/h3-6,8H,2,7H2,1H3;1-2H3. The first kappa shape index (κ1) is 13.3. The minimum absolute atomic E-state index is 0.338. The van der Waals surface area contributed by atoms with Gasteiger partial charge in [-0.15, -0.1) is 0 Å². The molecule has 2 aromatic rings. The van der Waals surface area contributed by atoms with Gasteiger partial charge in [0.1, 0.15) is 11.3 Å². The lowest BCUT2D eigenvalue weighted by Crippen LogP contribution is -1.97. The zero-order chi connectivity index (χ0) is 12.7. The van der Waals surface area contributed by atoms with Crippen LogP contribution in [-0.4, -0.2) is 6.61 Å². The summed E-state index contributed by atoms with van der Waals surface area (Å²) in [4.78, 5) is 11.0. The Morgan fingerprint density at radius 3 is 2.59 bits per heavy atom. The number of fused-ring (bicyclic) bond motifs is 1. The highest BCUT2D eigenvalue weighted by atomic mass is 16.5. The summed E-state index contributed by atoms with van der Waals surface area (Å²) in [5.41, 5.74) is 0.228. The van der Waals surface area contributed by atoms with Crippen molar-refractivity contribution in [2.45, 2.75) is 27.2 Å². The Kier molecular flexibility index (Phi) is 5.27. The summed E-state index contributed by atoms with van der Waals surface area (Å²) in [5.74, 6) is 0.735. The van der Waals surface area contributed by atoms with Crippen LogP contribution in [0.2, 0.25) is 0 Å². The van der Waals surface area contributed by atoms with Gasteiger partial charge in [-0.3, -0.25) is 0 Å². The van der Waals surface area contributed by atoms with Gasteiger partial charge in [-0.25, -0.2) is 4.79 Å². The summed E-state index contributed by atoms with van der Waals surface area (Å²) in [7, 11) is 0. The Labute approximate surface area is 101 Å². The van der Waals surface area contributed by atoms with Crippen molar-refractivity contribution in [3.8, 4) is 5.75 Å². The van der Waals surface area contributed by atoms with Gasteiger partial charge in [0.15, 0.2) is 0 Å². The van der Waals surface area contributed by atoms with Gasteiger partial charge in [0.25, 0.3) is 0 Å². The predicted molar refractivity (Wildman–Crippen MR) is 69.6 cm³/mol. The van der Waals surface area contributed by atoms with E-state index in [0.717, 1.165) is 17.6 Å². The van der Waals surface area contributed by atoms with Gasteiger partial charge in [-0.1, -0.05) is 20.8 Å². The fourth-order valence-electron chi connectivity index (χ4n) is 1.35. The van der Waals surface area contributed by atoms with Crippen LogP contribution in [0.25, 0.3) is 11.0 Å². The molecule has 1 heterocycles. The molecule has 2 rings (SSSR count). The minimum Gasteiger partial charge on any atom is -0.493 e. The van der Waals surface area contributed by atoms with Gasteiger partial charge in [0.05, 0.1) is 6.61 Å². The van der Waals surface area contributed by atoms with Crippen molar-refractivity contribution in [3.05, 3.63) is 40.8 Å². The van der Waals surface area contributed by atoms with Crippen molar-refractivity contribution in [1.82, 2.24) is 0 Å². The molecule has 92 valence electrons. The minimum atomic E-state index is -0.338. The third kappa shape index (κ3) is 3.63. The summed E-state index contributed by atoms with van der Waals surface area (Å²) < 4.78 is 10.5. The van der Waals surface area contributed by atoms with Crippen molar-refractivity contribution < 1.29 is 9.15 Å². The van der Waals surface area contributed by atoms with Crippen molar-refractivity contribution in [2.24, 2.45) is 0 Å². The first-order chi connectivity index (χ1) is 8.29. The van der Waals surface area contributed by atoms with E-state index in [9.17, 15) is 4.79 Å². The lowest BCUT2D eigenvalue weighted by atomic mass is 10.2. The SMILES string of the molecule is CC.CCCOc1ccc2ccc(=O)oc2c1. The predicted octanol–water partition coefficient (Wildman–Crippen LogP) is 3.61. The van der Waals surface area contributed by atoms with Crippen molar-refractivity contribution in [1.29, 1.82) is 0 Å². The molecule has 0 unspecified atom stereocenters. The van der Waals surface area contributed by atoms with Gasteiger partial charge in [-0.05, 0) is 24.6 Å². The number of benzene rings is 1. The molecule has 3 nitrogen and oxygen atoms in total. The summed E-state index contributed by atoms with van der Waals surface area (Å²) in [6.07, 6.45) is 0.955. The maximum Gasteiger partial charge on any atom is 0.336 e. The average Bonchev–Trinajstić information content (AvgIpc) is 2.38. The van der Waals surface area contributed by atoms with Crippen LogP contribution in [-0.2, 0) is 0 Å². The molecule has 1 aromatic carbocycles. The zero-order valence-electron chi connectivity index (χ0n) is 10.5. The third-order valence-electron chi connectivity index (χ3n) is 2.07. The lowest BCUT2D eigenvalue weighted by molar-refractivity contribution is 0.317. The number of ether oxygens (including phenoxy) is 1. The fourth-order valence-corrected chi connectivity index (χ4v) is 1.35. The summed E-state index contributed by atoms with van der Waals surface area (Å²) >= 11 is 0. The molecule has 0 amide bonds. The Morgan fingerprint density at radius 1 is 1.18 bits per heavy atom. The molecular weight excluding hydrogens is 216 g/mol. The largest absolute Gasteiger partial charge is 0.493 e. The van der Waals surface area contributed by atoms with E-state index in [0.29, 0.717) is 12.2 Å². The molecular formula is C14H18O3. The molecule has 1 aromatic heterocycles. The summed E-state index contributed by atoms with van der Waals surface area (Å²) in [6.45, 7) is 6.71. The van der Waals surface area contributed by atoms with E-state index in [1.165, 1.54) is 6.07 Å². The highest BCUT2D eigenvalue weighted by molar-refractivity contribution is 5.77. The van der Waals surface area contributed by atoms with Crippen LogP contribution in [0.5, 0.6) is 5.75 Å². The van der Waals surface area contributed by atoms with Crippen LogP contribution < -0.4 is 10.4 Å². The van der Waals surface area contributed by atoms with E-state index in [1.54, 1.807) is 12.1 Å². The zero-order valence-corrected chi connectivity index (χ0v) is 10.5. The monoisotopic (exact) mass is 234 g/mol. The van der Waals surface area contributed by atoms with Gasteiger partial charge in [-0.2, -0.15) is 0 Å². The van der Waals surface area contributed by atoms with Gasteiger partial charge in [0.2, 0.25) is 0 Å². The van der Waals surface area contributed by atoms with E-state index in [2.05, 4.69) is 0 Å². The number of rotatable bonds is 3. The number of hydrogen-bond acceptors (Lipinski definition) is 3. The van der Waals surface area contributed by atoms with Crippen LogP contribution in [0.15, 0.2) is 39.5 Å². The first-order valence-electron chi connectivity index (χ1n) is 5.96.